The van der Waals surface area contributed by atoms with Crippen molar-refractivity contribution in [3.05, 3.63) is 23.8 Å². The molecule has 15 heavy (non-hydrogen) atoms. The first kappa shape index (κ1) is 11.0. The molecular weight excluding hydrogens is 180 g/mol. The van der Waals surface area contributed by atoms with Crippen LogP contribution >= 0.6 is 0 Å². The van der Waals surface area contributed by atoms with Gasteiger partial charge >= 0.3 is 0 Å². The minimum absolute atomic E-state index is 0.494. The fraction of sp³-hybridized carbons (Fsp3) is 0.733. The van der Waals surface area contributed by atoms with Gasteiger partial charge in [0.1, 0.15) is 0 Å². The molecule has 1 saturated carbocycles. The maximum Gasteiger partial charge on any atom is -0.00241 e. The van der Waals surface area contributed by atoms with Gasteiger partial charge in [0.25, 0.3) is 0 Å². The molecule has 1 fully saturated rings. The molecule has 2 aliphatic carbocycles. The Kier molecular flexibility index (Phi) is 2.79. The first-order valence-electron chi connectivity index (χ1n) is 6.42. The lowest BCUT2D eigenvalue weighted by atomic mass is 9.65. The predicted molar refractivity (Wildman–Crippen MR) is 66.7 cm³/mol. The van der Waals surface area contributed by atoms with Crippen molar-refractivity contribution in [3.8, 4) is 0 Å². The average molecular weight is 204 g/mol. The second-order valence-electron chi connectivity index (χ2n) is 5.93. The van der Waals surface area contributed by atoms with Crippen LogP contribution in [0.2, 0.25) is 0 Å². The SMILES string of the molecule is CC1=CC[C@@]2(C=C1)[C@H](C)CC[C@@H]2C(C)C. The van der Waals surface area contributed by atoms with Gasteiger partial charge in [-0.25, -0.2) is 0 Å². The van der Waals surface area contributed by atoms with Crippen molar-refractivity contribution in [2.24, 2.45) is 23.2 Å². The van der Waals surface area contributed by atoms with Crippen molar-refractivity contribution in [1.82, 2.24) is 0 Å². The second-order valence-corrected chi connectivity index (χ2v) is 5.93. The molecular formula is C15H24. The second kappa shape index (κ2) is 3.81. The van der Waals surface area contributed by atoms with E-state index in [2.05, 4.69) is 45.9 Å². The molecule has 2 aliphatic rings. The van der Waals surface area contributed by atoms with Crippen LogP contribution in [0, 0.1) is 23.2 Å². The van der Waals surface area contributed by atoms with E-state index < -0.39 is 0 Å². The Morgan fingerprint density at radius 1 is 1.33 bits per heavy atom. The van der Waals surface area contributed by atoms with Crippen molar-refractivity contribution in [3.63, 3.8) is 0 Å². The highest BCUT2D eigenvalue weighted by Gasteiger charge is 2.46. The van der Waals surface area contributed by atoms with Gasteiger partial charge in [0.05, 0.1) is 0 Å². The molecule has 0 aromatic carbocycles. The van der Waals surface area contributed by atoms with Crippen molar-refractivity contribution in [2.45, 2.75) is 47.0 Å². The molecule has 3 atom stereocenters. The monoisotopic (exact) mass is 204 g/mol. The fourth-order valence-electron chi connectivity index (χ4n) is 3.69. The molecule has 0 heterocycles. The molecule has 0 nitrogen and oxygen atoms in total. The van der Waals surface area contributed by atoms with Gasteiger partial charge in [0, 0.05) is 0 Å². The summed E-state index contributed by atoms with van der Waals surface area (Å²) in [5.74, 6) is 2.59. The van der Waals surface area contributed by atoms with Crippen LogP contribution in [-0.4, -0.2) is 0 Å². The van der Waals surface area contributed by atoms with E-state index in [1.54, 1.807) is 0 Å². The lowest BCUT2D eigenvalue weighted by Crippen LogP contribution is -2.32. The topological polar surface area (TPSA) is 0 Å². The Bertz CT molecular complexity index is 295. The van der Waals surface area contributed by atoms with Crippen LogP contribution in [0.1, 0.15) is 47.0 Å². The first-order valence-corrected chi connectivity index (χ1v) is 6.42. The largest absolute Gasteiger partial charge is 0.0807 e. The van der Waals surface area contributed by atoms with Crippen LogP contribution in [0.25, 0.3) is 0 Å². The lowest BCUT2D eigenvalue weighted by molar-refractivity contribution is 0.168. The third-order valence-corrected chi connectivity index (χ3v) is 4.76. The van der Waals surface area contributed by atoms with Crippen molar-refractivity contribution < 1.29 is 0 Å². The zero-order valence-electron chi connectivity index (χ0n) is 10.6. The molecule has 1 spiro atoms. The smallest absolute Gasteiger partial charge is 0.00241 e. The summed E-state index contributed by atoms with van der Waals surface area (Å²) in [6.07, 6.45) is 11.4. The minimum Gasteiger partial charge on any atom is -0.0807 e. The molecule has 0 radical (unpaired) electrons. The van der Waals surface area contributed by atoms with Gasteiger partial charge in [0.2, 0.25) is 0 Å². The molecule has 0 aromatic heterocycles. The van der Waals surface area contributed by atoms with Gasteiger partial charge in [-0.2, -0.15) is 0 Å². The molecule has 0 heteroatoms. The number of hydrogen-bond acceptors (Lipinski definition) is 0. The van der Waals surface area contributed by atoms with Gasteiger partial charge in [0.15, 0.2) is 0 Å². The fourth-order valence-corrected chi connectivity index (χ4v) is 3.69. The zero-order valence-corrected chi connectivity index (χ0v) is 10.6. The minimum atomic E-state index is 0.494. The van der Waals surface area contributed by atoms with Gasteiger partial charge in [-0.05, 0) is 49.4 Å². The number of hydrogen-bond donors (Lipinski definition) is 0. The van der Waals surface area contributed by atoms with Crippen molar-refractivity contribution in [2.75, 3.05) is 0 Å². The Morgan fingerprint density at radius 3 is 2.60 bits per heavy atom. The van der Waals surface area contributed by atoms with E-state index in [1.165, 1.54) is 24.8 Å². The molecule has 0 bridgehead atoms. The summed E-state index contributed by atoms with van der Waals surface area (Å²) >= 11 is 0. The molecule has 84 valence electrons. The molecule has 0 aromatic rings. The standard InChI is InChI=1S/C15H24/c1-11(2)14-6-5-13(4)15(14)9-7-12(3)8-10-15/h7-9,11,13-14H,5-6,10H2,1-4H3/t13-,14-,15+/m1/s1. The first-order chi connectivity index (χ1) is 7.06. The predicted octanol–water partition coefficient (Wildman–Crippen LogP) is 4.58. The number of allylic oxidation sites excluding steroid dienone is 4. The van der Waals surface area contributed by atoms with E-state index in [0.29, 0.717) is 5.41 Å². The average Bonchev–Trinajstić information content (AvgIpc) is 2.50. The Labute approximate surface area is 94.5 Å². The summed E-state index contributed by atoms with van der Waals surface area (Å²) in [5, 5.41) is 0. The van der Waals surface area contributed by atoms with Crippen LogP contribution in [0.3, 0.4) is 0 Å². The van der Waals surface area contributed by atoms with E-state index in [0.717, 1.165) is 17.8 Å². The molecule has 0 amide bonds. The van der Waals surface area contributed by atoms with Gasteiger partial charge in [-0.1, -0.05) is 44.6 Å². The summed E-state index contributed by atoms with van der Waals surface area (Å²) in [4.78, 5) is 0. The van der Waals surface area contributed by atoms with Gasteiger partial charge in [-0.15, -0.1) is 0 Å². The van der Waals surface area contributed by atoms with E-state index >= 15 is 0 Å². The summed E-state index contributed by atoms with van der Waals surface area (Å²) in [6.45, 7) is 9.45. The molecule has 0 unspecified atom stereocenters. The van der Waals surface area contributed by atoms with E-state index in [4.69, 9.17) is 0 Å². The third kappa shape index (κ3) is 1.68. The molecule has 2 rings (SSSR count). The Hall–Kier alpha value is -0.520. The van der Waals surface area contributed by atoms with Crippen LogP contribution in [0.15, 0.2) is 23.8 Å². The van der Waals surface area contributed by atoms with Crippen LogP contribution < -0.4 is 0 Å². The summed E-state index contributed by atoms with van der Waals surface area (Å²) in [5.41, 5.74) is 1.94. The molecule has 0 saturated heterocycles. The van der Waals surface area contributed by atoms with Crippen LogP contribution in [0.4, 0.5) is 0 Å². The molecule has 0 N–H and O–H groups in total. The third-order valence-electron chi connectivity index (χ3n) is 4.76. The van der Waals surface area contributed by atoms with Crippen molar-refractivity contribution >= 4 is 0 Å². The number of rotatable bonds is 1. The highest BCUT2D eigenvalue weighted by atomic mass is 14.5. The highest BCUT2D eigenvalue weighted by Crippen LogP contribution is 2.55. The summed E-state index contributed by atoms with van der Waals surface area (Å²) in [7, 11) is 0. The summed E-state index contributed by atoms with van der Waals surface area (Å²) < 4.78 is 0. The Morgan fingerprint density at radius 2 is 2.07 bits per heavy atom. The van der Waals surface area contributed by atoms with E-state index in [1.807, 2.05) is 0 Å². The van der Waals surface area contributed by atoms with Crippen LogP contribution in [0.5, 0.6) is 0 Å². The molecule has 0 aliphatic heterocycles. The lowest BCUT2D eigenvalue weighted by Gasteiger charge is -2.40. The van der Waals surface area contributed by atoms with Crippen molar-refractivity contribution in [1.29, 1.82) is 0 Å². The summed E-state index contributed by atoms with van der Waals surface area (Å²) in [6, 6.07) is 0. The zero-order chi connectivity index (χ0) is 11.1. The quantitative estimate of drug-likeness (QED) is 0.586. The maximum atomic E-state index is 2.53. The normalized spacial score (nSPS) is 40.2. The highest BCUT2D eigenvalue weighted by molar-refractivity contribution is 5.27. The Balaban J connectivity index is 2.28. The van der Waals surface area contributed by atoms with E-state index in [9.17, 15) is 0 Å². The van der Waals surface area contributed by atoms with E-state index in [-0.39, 0.29) is 0 Å². The maximum absolute atomic E-state index is 2.53. The van der Waals surface area contributed by atoms with Gasteiger partial charge in [-0.3, -0.25) is 0 Å². The van der Waals surface area contributed by atoms with Gasteiger partial charge < -0.3 is 0 Å². The van der Waals surface area contributed by atoms with Crippen LogP contribution in [-0.2, 0) is 0 Å².